The third-order valence-electron chi connectivity index (χ3n) is 2.92. The normalized spacial score (nSPS) is 20.2. The van der Waals surface area contributed by atoms with Gasteiger partial charge in [-0.1, -0.05) is 0 Å². The SMILES string of the molecule is COCC(O)CNC(=O)C1Cc2nc[nH]c2CN1. The molecule has 1 aromatic rings. The highest BCUT2D eigenvalue weighted by Crippen LogP contribution is 2.11. The quantitative estimate of drug-likeness (QED) is 0.515. The molecule has 1 amide bonds. The summed E-state index contributed by atoms with van der Waals surface area (Å²) in [6.07, 6.45) is 1.52. The monoisotopic (exact) mass is 254 g/mol. The van der Waals surface area contributed by atoms with E-state index in [1.165, 1.54) is 7.11 Å². The number of methoxy groups -OCH3 is 1. The summed E-state index contributed by atoms with van der Waals surface area (Å²) in [7, 11) is 1.51. The van der Waals surface area contributed by atoms with Crippen LogP contribution >= 0.6 is 0 Å². The number of aromatic amines is 1. The van der Waals surface area contributed by atoms with Gasteiger partial charge in [-0.05, 0) is 0 Å². The number of ether oxygens (including phenoxy) is 1. The molecule has 0 aliphatic carbocycles. The van der Waals surface area contributed by atoms with Gasteiger partial charge in [-0.15, -0.1) is 0 Å². The molecule has 7 heteroatoms. The van der Waals surface area contributed by atoms with Crippen LogP contribution < -0.4 is 10.6 Å². The maximum Gasteiger partial charge on any atom is 0.237 e. The van der Waals surface area contributed by atoms with E-state index in [1.807, 2.05) is 0 Å². The number of nitrogens with one attached hydrogen (secondary N) is 3. The van der Waals surface area contributed by atoms with Crippen LogP contribution in [0, 0.1) is 0 Å². The van der Waals surface area contributed by atoms with Crippen LogP contribution in [0.5, 0.6) is 0 Å². The van der Waals surface area contributed by atoms with Gasteiger partial charge in [-0.2, -0.15) is 0 Å². The average molecular weight is 254 g/mol. The summed E-state index contributed by atoms with van der Waals surface area (Å²) >= 11 is 0. The topological polar surface area (TPSA) is 99.3 Å². The number of carbonyl (C=O) groups is 1. The van der Waals surface area contributed by atoms with E-state index in [1.54, 1.807) is 6.33 Å². The summed E-state index contributed by atoms with van der Waals surface area (Å²) in [5.41, 5.74) is 1.95. The Morgan fingerprint density at radius 2 is 2.61 bits per heavy atom. The average Bonchev–Trinajstić information content (AvgIpc) is 2.83. The lowest BCUT2D eigenvalue weighted by Gasteiger charge is -2.22. The van der Waals surface area contributed by atoms with E-state index in [4.69, 9.17) is 4.74 Å². The van der Waals surface area contributed by atoms with Crippen LogP contribution in [-0.4, -0.2) is 53.4 Å². The molecule has 2 rings (SSSR count). The summed E-state index contributed by atoms with van der Waals surface area (Å²) in [5.74, 6) is -0.126. The molecule has 1 aliphatic rings. The zero-order valence-electron chi connectivity index (χ0n) is 10.3. The number of nitrogens with zero attached hydrogens (tertiary/aromatic N) is 1. The number of carbonyl (C=O) groups excluding carboxylic acids is 1. The van der Waals surface area contributed by atoms with E-state index >= 15 is 0 Å². The highest BCUT2D eigenvalue weighted by molar-refractivity contribution is 5.82. The molecule has 100 valence electrons. The van der Waals surface area contributed by atoms with Crippen molar-refractivity contribution in [1.29, 1.82) is 0 Å². The minimum absolute atomic E-state index is 0.126. The fourth-order valence-electron chi connectivity index (χ4n) is 1.95. The van der Waals surface area contributed by atoms with E-state index in [-0.39, 0.29) is 25.1 Å². The third kappa shape index (κ3) is 3.06. The fourth-order valence-corrected chi connectivity index (χ4v) is 1.95. The van der Waals surface area contributed by atoms with Gasteiger partial charge in [0, 0.05) is 26.6 Å². The van der Waals surface area contributed by atoms with Crippen molar-refractivity contribution in [3.63, 3.8) is 0 Å². The summed E-state index contributed by atoms with van der Waals surface area (Å²) in [5, 5.41) is 15.3. The van der Waals surface area contributed by atoms with Crippen LogP contribution in [0.4, 0.5) is 0 Å². The number of aliphatic hydroxyl groups is 1. The number of H-pyrrole nitrogens is 1. The minimum atomic E-state index is -0.677. The molecule has 0 saturated heterocycles. The number of imidazole rings is 1. The first kappa shape index (κ1) is 13.0. The predicted molar refractivity (Wildman–Crippen MR) is 63.8 cm³/mol. The molecule has 1 aliphatic heterocycles. The second-order valence-electron chi connectivity index (χ2n) is 4.32. The molecule has 18 heavy (non-hydrogen) atoms. The summed E-state index contributed by atoms with van der Waals surface area (Å²) < 4.78 is 4.79. The van der Waals surface area contributed by atoms with Crippen LogP contribution in [0.3, 0.4) is 0 Å². The highest BCUT2D eigenvalue weighted by Gasteiger charge is 2.25. The van der Waals surface area contributed by atoms with Gasteiger partial charge >= 0.3 is 0 Å². The molecule has 2 unspecified atom stereocenters. The van der Waals surface area contributed by atoms with Crippen molar-refractivity contribution in [2.75, 3.05) is 20.3 Å². The largest absolute Gasteiger partial charge is 0.389 e. The molecule has 0 spiro atoms. The van der Waals surface area contributed by atoms with Gasteiger partial charge in [0.1, 0.15) is 0 Å². The van der Waals surface area contributed by atoms with E-state index in [2.05, 4.69) is 20.6 Å². The Hall–Kier alpha value is -1.44. The third-order valence-corrected chi connectivity index (χ3v) is 2.92. The maximum absolute atomic E-state index is 11.9. The first-order valence-corrected chi connectivity index (χ1v) is 5.90. The standard InChI is InChI=1S/C11H18N4O3/c1-18-5-7(16)3-13-11(17)9-2-8-10(4-12-9)15-6-14-8/h6-7,9,12,16H,2-5H2,1H3,(H,13,17)(H,14,15). The number of fused-ring (bicyclic) bond motifs is 1. The second-order valence-corrected chi connectivity index (χ2v) is 4.32. The first-order valence-electron chi connectivity index (χ1n) is 5.90. The van der Waals surface area contributed by atoms with E-state index in [0.29, 0.717) is 13.0 Å². The number of aromatic nitrogens is 2. The van der Waals surface area contributed by atoms with Crippen LogP contribution in [0.1, 0.15) is 11.4 Å². The minimum Gasteiger partial charge on any atom is -0.389 e. The van der Waals surface area contributed by atoms with Crippen molar-refractivity contribution in [3.05, 3.63) is 17.7 Å². The maximum atomic E-state index is 11.9. The molecule has 0 radical (unpaired) electrons. The van der Waals surface area contributed by atoms with E-state index in [0.717, 1.165) is 11.4 Å². The fraction of sp³-hybridized carbons (Fsp3) is 0.636. The van der Waals surface area contributed by atoms with Crippen molar-refractivity contribution in [2.45, 2.75) is 25.1 Å². The van der Waals surface area contributed by atoms with Gasteiger partial charge < -0.3 is 20.1 Å². The molecule has 0 fully saturated rings. The number of aliphatic hydroxyl groups excluding tert-OH is 1. The number of hydrogen-bond acceptors (Lipinski definition) is 5. The summed E-state index contributed by atoms with van der Waals surface area (Å²) in [4.78, 5) is 19.1. The highest BCUT2D eigenvalue weighted by atomic mass is 16.5. The van der Waals surface area contributed by atoms with Gasteiger partial charge in [-0.25, -0.2) is 4.98 Å². The van der Waals surface area contributed by atoms with Gasteiger partial charge in [-0.3, -0.25) is 10.1 Å². The van der Waals surface area contributed by atoms with Crippen molar-refractivity contribution in [2.24, 2.45) is 0 Å². The van der Waals surface area contributed by atoms with Crippen molar-refractivity contribution >= 4 is 5.91 Å². The van der Waals surface area contributed by atoms with Crippen molar-refractivity contribution in [1.82, 2.24) is 20.6 Å². The van der Waals surface area contributed by atoms with Crippen LogP contribution in [0.15, 0.2) is 6.33 Å². The first-order chi connectivity index (χ1) is 8.70. The zero-order valence-corrected chi connectivity index (χ0v) is 10.3. The lowest BCUT2D eigenvalue weighted by Crippen LogP contribution is -2.49. The number of amides is 1. The Bertz CT molecular complexity index is 407. The van der Waals surface area contributed by atoms with E-state index in [9.17, 15) is 9.90 Å². The van der Waals surface area contributed by atoms with Gasteiger partial charge in [0.25, 0.3) is 0 Å². The number of rotatable bonds is 5. The smallest absolute Gasteiger partial charge is 0.237 e. The molecule has 7 nitrogen and oxygen atoms in total. The van der Waals surface area contributed by atoms with Crippen LogP contribution in [0.25, 0.3) is 0 Å². The Labute approximate surface area is 105 Å². The van der Waals surface area contributed by atoms with Gasteiger partial charge in [0.05, 0.1) is 36.5 Å². The molecule has 0 bridgehead atoms. The lowest BCUT2D eigenvalue weighted by atomic mass is 10.0. The molecule has 4 N–H and O–H groups in total. The van der Waals surface area contributed by atoms with Crippen molar-refractivity contribution < 1.29 is 14.6 Å². The van der Waals surface area contributed by atoms with Gasteiger partial charge in [0.15, 0.2) is 0 Å². The molecular weight excluding hydrogens is 236 g/mol. The van der Waals surface area contributed by atoms with Crippen molar-refractivity contribution in [3.8, 4) is 0 Å². The molecule has 2 atom stereocenters. The lowest BCUT2D eigenvalue weighted by molar-refractivity contribution is -0.124. The summed E-state index contributed by atoms with van der Waals surface area (Å²) in [6.45, 7) is 1.01. The Morgan fingerprint density at radius 1 is 1.78 bits per heavy atom. The van der Waals surface area contributed by atoms with Crippen LogP contribution in [0.2, 0.25) is 0 Å². The predicted octanol–water partition coefficient (Wildman–Crippen LogP) is -1.45. The summed E-state index contributed by atoms with van der Waals surface area (Å²) in [6, 6.07) is -0.296. The molecule has 0 saturated carbocycles. The molecular formula is C11H18N4O3. The van der Waals surface area contributed by atoms with Gasteiger partial charge in [0.2, 0.25) is 5.91 Å². The molecule has 0 aromatic carbocycles. The number of hydrogen-bond donors (Lipinski definition) is 4. The van der Waals surface area contributed by atoms with E-state index < -0.39 is 6.10 Å². The zero-order chi connectivity index (χ0) is 13.0. The Morgan fingerprint density at radius 3 is 3.39 bits per heavy atom. The Balaban J connectivity index is 1.80. The second kappa shape index (κ2) is 5.94. The Kier molecular flexibility index (Phi) is 4.29. The molecule has 1 aromatic heterocycles. The van der Waals surface area contributed by atoms with Crippen LogP contribution in [-0.2, 0) is 22.5 Å². The molecule has 2 heterocycles.